The van der Waals surface area contributed by atoms with E-state index in [0.29, 0.717) is 16.7 Å². The van der Waals surface area contributed by atoms with Crippen LogP contribution in [0.3, 0.4) is 0 Å². The molecule has 2 rings (SSSR count). The van der Waals surface area contributed by atoms with Crippen molar-refractivity contribution in [2.24, 2.45) is 5.92 Å². The van der Waals surface area contributed by atoms with Crippen molar-refractivity contribution in [1.82, 2.24) is 9.62 Å². The predicted octanol–water partition coefficient (Wildman–Crippen LogP) is 2.39. The third-order valence-electron chi connectivity index (χ3n) is 4.38. The Balaban J connectivity index is 1.99. The van der Waals surface area contributed by atoms with Crippen LogP contribution in [-0.2, 0) is 10.0 Å². The zero-order chi connectivity index (χ0) is 14.6. The molecule has 1 aliphatic carbocycles. The van der Waals surface area contributed by atoms with Gasteiger partial charge in [-0.05, 0) is 32.2 Å². The molecule has 0 saturated heterocycles. The average molecular weight is 319 g/mol. The summed E-state index contributed by atoms with van der Waals surface area (Å²) in [5.41, 5.74) is 0. The van der Waals surface area contributed by atoms with Gasteiger partial charge in [0.2, 0.25) is 10.0 Å². The van der Waals surface area contributed by atoms with Crippen molar-refractivity contribution < 1.29 is 8.42 Å². The summed E-state index contributed by atoms with van der Waals surface area (Å²) in [5, 5.41) is 3.33. The van der Waals surface area contributed by atoms with Crippen molar-refractivity contribution in [3.05, 3.63) is 10.3 Å². The fraction of sp³-hybridized carbons (Fsp3) is 0.857. The van der Waals surface area contributed by atoms with Gasteiger partial charge < -0.3 is 5.32 Å². The van der Waals surface area contributed by atoms with Gasteiger partial charge in [-0.25, -0.2) is 8.42 Å². The Morgan fingerprint density at radius 2 is 2.10 bits per heavy atom. The minimum absolute atomic E-state index is 0.266. The summed E-state index contributed by atoms with van der Waals surface area (Å²) in [6, 6.07) is 0.266. The highest BCUT2D eigenvalue weighted by molar-refractivity contribution is 8.18. The Morgan fingerprint density at radius 1 is 1.40 bits per heavy atom. The van der Waals surface area contributed by atoms with Crippen LogP contribution in [0.4, 0.5) is 0 Å². The zero-order valence-corrected chi connectivity index (χ0v) is 14.1. The van der Waals surface area contributed by atoms with E-state index in [1.807, 2.05) is 13.1 Å². The van der Waals surface area contributed by atoms with Gasteiger partial charge in [0.25, 0.3) is 0 Å². The van der Waals surface area contributed by atoms with Crippen LogP contribution in [0.15, 0.2) is 10.3 Å². The molecule has 0 aromatic heterocycles. The second-order valence-electron chi connectivity index (χ2n) is 5.74. The molecular weight excluding hydrogens is 292 g/mol. The van der Waals surface area contributed by atoms with Gasteiger partial charge in [0.15, 0.2) is 0 Å². The fourth-order valence-electron chi connectivity index (χ4n) is 3.12. The molecule has 0 amide bonds. The normalized spacial score (nSPS) is 23.1. The Kier molecular flexibility index (Phi) is 5.95. The topological polar surface area (TPSA) is 49.4 Å². The summed E-state index contributed by atoms with van der Waals surface area (Å²) in [6.45, 7) is 0.571. The highest BCUT2D eigenvalue weighted by Crippen LogP contribution is 2.32. The standard InChI is InChI=1S/C14H26N2O2S2/c1-15-13(12-7-4-3-5-8-12)11-16(2)20(17,18)14-9-6-10-19-14/h9,12-13,15H,3-8,10-11H2,1-2H3/t13-/m1/s1. The smallest absolute Gasteiger partial charge is 0.248 e. The second-order valence-corrected chi connectivity index (χ2v) is 9.15. The van der Waals surface area contributed by atoms with Crippen molar-refractivity contribution in [2.75, 3.05) is 26.4 Å². The van der Waals surface area contributed by atoms with Gasteiger partial charge >= 0.3 is 0 Å². The van der Waals surface area contributed by atoms with E-state index in [9.17, 15) is 8.42 Å². The molecule has 0 unspecified atom stereocenters. The molecule has 0 aromatic carbocycles. The lowest BCUT2D eigenvalue weighted by molar-refractivity contribution is 0.251. The summed E-state index contributed by atoms with van der Waals surface area (Å²) in [4.78, 5) is 0. The summed E-state index contributed by atoms with van der Waals surface area (Å²) < 4.78 is 27.0. The number of sulfonamides is 1. The molecule has 1 aliphatic heterocycles. The van der Waals surface area contributed by atoms with E-state index in [0.717, 1.165) is 12.2 Å². The number of hydrogen-bond acceptors (Lipinski definition) is 4. The van der Waals surface area contributed by atoms with Gasteiger partial charge in [-0.15, -0.1) is 11.8 Å². The van der Waals surface area contributed by atoms with Crippen LogP contribution < -0.4 is 5.32 Å². The summed E-state index contributed by atoms with van der Waals surface area (Å²) in [5.74, 6) is 1.50. The number of thioether (sulfide) groups is 1. The summed E-state index contributed by atoms with van der Waals surface area (Å²) in [7, 11) is 0.393. The lowest BCUT2D eigenvalue weighted by Crippen LogP contribution is -2.45. The van der Waals surface area contributed by atoms with Crippen molar-refractivity contribution in [3.8, 4) is 0 Å². The van der Waals surface area contributed by atoms with Crippen molar-refractivity contribution in [1.29, 1.82) is 0 Å². The van der Waals surface area contributed by atoms with Crippen LogP contribution in [0.2, 0.25) is 0 Å². The molecule has 6 heteroatoms. The maximum atomic E-state index is 12.5. The van der Waals surface area contributed by atoms with Gasteiger partial charge in [-0.1, -0.05) is 25.3 Å². The van der Waals surface area contributed by atoms with Crippen LogP contribution in [-0.4, -0.2) is 45.2 Å². The molecule has 1 atom stereocenters. The molecule has 1 heterocycles. The first-order valence-corrected chi connectivity index (χ1v) is 9.95. The molecule has 4 nitrogen and oxygen atoms in total. The maximum Gasteiger partial charge on any atom is 0.248 e. The number of nitrogens with one attached hydrogen (secondary N) is 1. The highest BCUT2D eigenvalue weighted by atomic mass is 32.3. The van der Waals surface area contributed by atoms with Gasteiger partial charge in [0, 0.05) is 25.4 Å². The molecule has 1 N–H and O–H groups in total. The van der Waals surface area contributed by atoms with Gasteiger partial charge in [-0.2, -0.15) is 4.31 Å². The van der Waals surface area contributed by atoms with E-state index in [-0.39, 0.29) is 6.04 Å². The minimum atomic E-state index is -3.27. The molecule has 0 bridgehead atoms. The van der Waals surface area contributed by atoms with Crippen LogP contribution in [0.5, 0.6) is 0 Å². The van der Waals surface area contributed by atoms with Crippen molar-refractivity contribution in [2.45, 2.75) is 44.6 Å². The fourth-order valence-corrected chi connectivity index (χ4v) is 6.01. The third-order valence-corrected chi connectivity index (χ3v) is 7.90. The van der Waals surface area contributed by atoms with Crippen LogP contribution >= 0.6 is 11.8 Å². The van der Waals surface area contributed by atoms with Crippen molar-refractivity contribution in [3.63, 3.8) is 0 Å². The average Bonchev–Trinajstić information content (AvgIpc) is 3.00. The van der Waals surface area contributed by atoms with E-state index in [1.54, 1.807) is 7.05 Å². The SMILES string of the molecule is CN[C@H](CN(C)S(=O)(=O)C1=CCCS1)C1CCCCC1. The lowest BCUT2D eigenvalue weighted by Gasteiger charge is -2.32. The molecule has 2 aliphatic rings. The maximum absolute atomic E-state index is 12.5. The number of nitrogens with zero attached hydrogens (tertiary/aromatic N) is 1. The minimum Gasteiger partial charge on any atom is -0.315 e. The first-order valence-electron chi connectivity index (χ1n) is 7.52. The van der Waals surface area contributed by atoms with E-state index in [1.165, 1.54) is 48.2 Å². The Morgan fingerprint density at radius 3 is 2.65 bits per heavy atom. The molecule has 1 saturated carbocycles. The Bertz CT molecular complexity index is 442. The Hall–Kier alpha value is -0.0400. The van der Waals surface area contributed by atoms with E-state index in [2.05, 4.69) is 5.32 Å². The molecule has 0 radical (unpaired) electrons. The number of allylic oxidation sites excluding steroid dienone is 1. The molecule has 20 heavy (non-hydrogen) atoms. The third kappa shape index (κ3) is 3.78. The van der Waals surface area contributed by atoms with E-state index in [4.69, 9.17) is 0 Å². The quantitative estimate of drug-likeness (QED) is 0.817. The van der Waals surface area contributed by atoms with Crippen LogP contribution in [0, 0.1) is 5.92 Å². The van der Waals surface area contributed by atoms with Crippen LogP contribution in [0.1, 0.15) is 38.5 Å². The number of hydrogen-bond donors (Lipinski definition) is 1. The van der Waals surface area contributed by atoms with Gasteiger partial charge in [0.05, 0.1) is 0 Å². The first kappa shape index (κ1) is 16.3. The Labute approximate surface area is 127 Å². The molecule has 0 spiro atoms. The van der Waals surface area contributed by atoms with Crippen LogP contribution in [0.25, 0.3) is 0 Å². The molecule has 1 fully saturated rings. The molecule has 0 aromatic rings. The lowest BCUT2D eigenvalue weighted by atomic mass is 9.84. The first-order chi connectivity index (χ1) is 9.55. The highest BCUT2D eigenvalue weighted by Gasteiger charge is 2.30. The zero-order valence-electron chi connectivity index (χ0n) is 12.5. The number of rotatable bonds is 6. The largest absolute Gasteiger partial charge is 0.315 e. The van der Waals surface area contributed by atoms with Gasteiger partial charge in [-0.3, -0.25) is 0 Å². The number of likely N-dealkylation sites (N-methyl/N-ethyl adjacent to an activating group) is 2. The summed E-state index contributed by atoms with van der Waals surface area (Å²) >= 11 is 1.46. The monoisotopic (exact) mass is 318 g/mol. The summed E-state index contributed by atoms with van der Waals surface area (Å²) in [6.07, 6.45) is 9.04. The predicted molar refractivity (Wildman–Crippen MR) is 86.1 cm³/mol. The van der Waals surface area contributed by atoms with E-state index < -0.39 is 10.0 Å². The van der Waals surface area contributed by atoms with E-state index >= 15 is 0 Å². The molecule has 116 valence electrons. The van der Waals surface area contributed by atoms with Crippen molar-refractivity contribution >= 4 is 21.8 Å². The second kappa shape index (κ2) is 7.29. The molecular formula is C14H26N2O2S2. The van der Waals surface area contributed by atoms with Gasteiger partial charge in [0.1, 0.15) is 4.24 Å².